The van der Waals surface area contributed by atoms with Crippen LogP contribution in [0, 0.1) is 6.92 Å². The number of piperazine rings is 1. The van der Waals surface area contributed by atoms with Gasteiger partial charge in [0.1, 0.15) is 0 Å². The molecule has 4 rings (SSSR count). The minimum Gasteiger partial charge on any atom is -0.339 e. The molecule has 1 aromatic heterocycles. The third-order valence-electron chi connectivity index (χ3n) is 5.66. The van der Waals surface area contributed by atoms with Crippen molar-refractivity contribution in [2.24, 2.45) is 0 Å². The highest BCUT2D eigenvalue weighted by atomic mass is 32.1. The number of carbonyl (C=O) groups excluding carboxylic acids is 2. The lowest BCUT2D eigenvalue weighted by Crippen LogP contribution is -2.50. The maximum atomic E-state index is 13.0. The van der Waals surface area contributed by atoms with Crippen LogP contribution < -0.4 is 0 Å². The molecule has 0 aliphatic carbocycles. The van der Waals surface area contributed by atoms with E-state index in [0.29, 0.717) is 32.6 Å². The predicted octanol–water partition coefficient (Wildman–Crippen LogP) is 4.52. The van der Waals surface area contributed by atoms with Gasteiger partial charge in [-0.2, -0.15) is 0 Å². The zero-order valence-electron chi connectivity index (χ0n) is 16.8. The lowest BCUT2D eigenvalue weighted by Gasteiger charge is -2.34. The molecule has 0 spiro atoms. The van der Waals surface area contributed by atoms with E-state index in [1.54, 1.807) is 11.3 Å². The Kier molecular flexibility index (Phi) is 5.95. The molecule has 0 N–H and O–H groups in total. The fourth-order valence-corrected chi connectivity index (χ4v) is 5.10. The van der Waals surface area contributed by atoms with Crippen molar-refractivity contribution in [1.82, 2.24) is 9.80 Å². The van der Waals surface area contributed by atoms with Crippen LogP contribution in [0.15, 0.2) is 54.6 Å². The average Bonchev–Trinajstić information content (AvgIpc) is 3.11. The Balaban J connectivity index is 1.30. The second-order valence-corrected chi connectivity index (χ2v) is 8.62. The van der Waals surface area contributed by atoms with Gasteiger partial charge in [0.25, 0.3) is 5.91 Å². The van der Waals surface area contributed by atoms with Crippen LogP contribution in [0.5, 0.6) is 0 Å². The van der Waals surface area contributed by atoms with Crippen LogP contribution in [0.4, 0.5) is 0 Å². The van der Waals surface area contributed by atoms with Crippen molar-refractivity contribution >= 4 is 33.2 Å². The van der Waals surface area contributed by atoms with Gasteiger partial charge < -0.3 is 9.80 Å². The summed E-state index contributed by atoms with van der Waals surface area (Å²) in [7, 11) is 0. The molecule has 29 heavy (non-hydrogen) atoms. The molecule has 0 bridgehead atoms. The number of nitrogens with zero attached hydrogens (tertiary/aromatic N) is 2. The van der Waals surface area contributed by atoms with E-state index in [1.807, 2.05) is 47.1 Å². The van der Waals surface area contributed by atoms with Crippen molar-refractivity contribution < 1.29 is 9.59 Å². The Bertz CT molecular complexity index is 1000. The predicted molar refractivity (Wildman–Crippen MR) is 118 cm³/mol. The average molecular weight is 407 g/mol. The van der Waals surface area contributed by atoms with Crippen molar-refractivity contribution in [2.45, 2.75) is 26.2 Å². The van der Waals surface area contributed by atoms with E-state index in [2.05, 4.69) is 24.3 Å². The SMILES string of the molecule is Cc1c(C(=O)N2CCN(C(=O)CCCc3ccccc3)CC2)sc2ccccc12. The standard InChI is InChI=1S/C24H26N2O2S/c1-18-20-11-5-6-12-21(20)29-23(18)24(28)26-16-14-25(15-17-26)22(27)13-7-10-19-8-3-2-4-9-19/h2-6,8-9,11-12H,7,10,13-17H2,1H3. The molecule has 2 aromatic carbocycles. The summed E-state index contributed by atoms with van der Waals surface area (Å²) in [6.45, 7) is 4.49. The summed E-state index contributed by atoms with van der Waals surface area (Å²) in [6.07, 6.45) is 2.36. The quantitative estimate of drug-likeness (QED) is 0.625. The molecule has 5 heteroatoms. The molecule has 4 nitrogen and oxygen atoms in total. The molecule has 0 unspecified atom stereocenters. The van der Waals surface area contributed by atoms with Gasteiger partial charge in [0.15, 0.2) is 0 Å². The first kappa shape index (κ1) is 19.6. The van der Waals surface area contributed by atoms with Gasteiger partial charge in [-0.05, 0) is 42.3 Å². The number of benzene rings is 2. The molecule has 1 aliphatic rings. The lowest BCUT2D eigenvalue weighted by atomic mass is 10.1. The highest BCUT2D eigenvalue weighted by molar-refractivity contribution is 7.21. The molecule has 150 valence electrons. The van der Waals surface area contributed by atoms with Crippen LogP contribution in [-0.2, 0) is 11.2 Å². The highest BCUT2D eigenvalue weighted by Gasteiger charge is 2.26. The first-order chi connectivity index (χ1) is 14.1. The van der Waals surface area contributed by atoms with Crippen LogP contribution in [0.3, 0.4) is 0 Å². The Hall–Kier alpha value is -2.66. The molecule has 1 saturated heterocycles. The van der Waals surface area contributed by atoms with E-state index in [9.17, 15) is 9.59 Å². The molecule has 0 radical (unpaired) electrons. The Labute approximate surface area is 175 Å². The summed E-state index contributed by atoms with van der Waals surface area (Å²) in [5.41, 5.74) is 2.34. The number of aryl methyl sites for hydroxylation is 2. The monoisotopic (exact) mass is 406 g/mol. The number of carbonyl (C=O) groups is 2. The largest absolute Gasteiger partial charge is 0.339 e. The summed E-state index contributed by atoms with van der Waals surface area (Å²) >= 11 is 1.57. The number of fused-ring (bicyclic) bond motifs is 1. The zero-order valence-corrected chi connectivity index (χ0v) is 17.6. The maximum Gasteiger partial charge on any atom is 0.264 e. The number of rotatable bonds is 5. The van der Waals surface area contributed by atoms with Crippen LogP contribution in [-0.4, -0.2) is 47.8 Å². The fourth-order valence-electron chi connectivity index (χ4n) is 3.93. The van der Waals surface area contributed by atoms with Crippen molar-refractivity contribution in [3.05, 3.63) is 70.6 Å². The van der Waals surface area contributed by atoms with E-state index in [4.69, 9.17) is 0 Å². The summed E-state index contributed by atoms with van der Waals surface area (Å²) in [5, 5.41) is 1.16. The third-order valence-corrected chi connectivity index (χ3v) is 6.92. The molecular weight excluding hydrogens is 380 g/mol. The number of thiophene rings is 1. The van der Waals surface area contributed by atoms with Crippen molar-refractivity contribution in [1.29, 1.82) is 0 Å². The summed E-state index contributed by atoms with van der Waals surface area (Å²) in [6, 6.07) is 18.4. The van der Waals surface area contributed by atoms with E-state index >= 15 is 0 Å². The van der Waals surface area contributed by atoms with Crippen LogP contribution in [0.2, 0.25) is 0 Å². The van der Waals surface area contributed by atoms with Gasteiger partial charge in [0.2, 0.25) is 5.91 Å². The van der Waals surface area contributed by atoms with Crippen LogP contribution in [0.25, 0.3) is 10.1 Å². The minimum absolute atomic E-state index is 0.0971. The normalized spacial score (nSPS) is 14.4. The molecule has 0 atom stereocenters. The summed E-state index contributed by atoms with van der Waals surface area (Å²) in [4.78, 5) is 30.2. The Morgan fingerprint density at radius 3 is 2.28 bits per heavy atom. The second kappa shape index (κ2) is 8.78. The number of amides is 2. The molecular formula is C24H26N2O2S. The highest BCUT2D eigenvalue weighted by Crippen LogP contribution is 2.31. The lowest BCUT2D eigenvalue weighted by molar-refractivity contribution is -0.132. The first-order valence-corrected chi connectivity index (χ1v) is 11.0. The van der Waals surface area contributed by atoms with E-state index in [0.717, 1.165) is 33.4 Å². The fraction of sp³-hybridized carbons (Fsp3) is 0.333. The van der Waals surface area contributed by atoms with Gasteiger partial charge in [-0.3, -0.25) is 9.59 Å². The topological polar surface area (TPSA) is 40.6 Å². The molecule has 2 amide bonds. The van der Waals surface area contributed by atoms with Gasteiger partial charge in [-0.25, -0.2) is 0 Å². The van der Waals surface area contributed by atoms with Gasteiger partial charge in [0.05, 0.1) is 4.88 Å². The maximum absolute atomic E-state index is 13.0. The van der Waals surface area contributed by atoms with Gasteiger partial charge in [-0.15, -0.1) is 11.3 Å². The van der Waals surface area contributed by atoms with Gasteiger partial charge in [-0.1, -0.05) is 48.5 Å². The van der Waals surface area contributed by atoms with Crippen LogP contribution >= 0.6 is 11.3 Å². The Morgan fingerprint density at radius 1 is 0.897 bits per heavy atom. The molecule has 2 heterocycles. The van der Waals surface area contributed by atoms with Crippen molar-refractivity contribution in [3.63, 3.8) is 0 Å². The first-order valence-electron chi connectivity index (χ1n) is 10.2. The Morgan fingerprint density at radius 2 is 1.55 bits per heavy atom. The van der Waals surface area contributed by atoms with Gasteiger partial charge >= 0.3 is 0 Å². The van der Waals surface area contributed by atoms with Gasteiger partial charge in [0, 0.05) is 37.3 Å². The van der Waals surface area contributed by atoms with Crippen LogP contribution in [0.1, 0.15) is 33.6 Å². The summed E-state index contributed by atoms with van der Waals surface area (Å²) < 4.78 is 1.15. The molecule has 1 fully saturated rings. The van der Waals surface area contributed by atoms with Crippen molar-refractivity contribution in [2.75, 3.05) is 26.2 Å². The third kappa shape index (κ3) is 4.35. The van der Waals surface area contributed by atoms with E-state index in [1.165, 1.54) is 5.56 Å². The molecule has 0 saturated carbocycles. The van der Waals surface area contributed by atoms with Crippen molar-refractivity contribution in [3.8, 4) is 0 Å². The molecule has 3 aromatic rings. The van der Waals surface area contributed by atoms with E-state index < -0.39 is 0 Å². The van der Waals surface area contributed by atoms with E-state index in [-0.39, 0.29) is 11.8 Å². The summed E-state index contributed by atoms with van der Waals surface area (Å²) in [5.74, 6) is 0.297. The second-order valence-electron chi connectivity index (χ2n) is 7.56. The molecule has 1 aliphatic heterocycles. The number of hydrogen-bond donors (Lipinski definition) is 0. The minimum atomic E-state index is 0.0971. The smallest absolute Gasteiger partial charge is 0.264 e. The number of hydrogen-bond acceptors (Lipinski definition) is 3. The zero-order chi connectivity index (χ0) is 20.2.